The summed E-state index contributed by atoms with van der Waals surface area (Å²) in [6, 6.07) is -1.72. The van der Waals surface area contributed by atoms with E-state index in [1.165, 1.54) is 0 Å². The summed E-state index contributed by atoms with van der Waals surface area (Å²) >= 11 is 0. The highest BCUT2D eigenvalue weighted by Gasteiger charge is 2.38. The topological polar surface area (TPSA) is 113 Å². The maximum atomic E-state index is 11.4. The van der Waals surface area contributed by atoms with Gasteiger partial charge in [0.05, 0.1) is 6.04 Å². The third kappa shape index (κ3) is 3.84. The molecule has 0 spiro atoms. The Bertz CT molecular complexity index is 370. The van der Waals surface area contributed by atoms with Gasteiger partial charge in [0.25, 0.3) is 0 Å². The van der Waals surface area contributed by atoms with Crippen molar-refractivity contribution < 1.29 is 19.1 Å². The van der Waals surface area contributed by atoms with E-state index in [9.17, 15) is 9.59 Å². The van der Waals surface area contributed by atoms with Gasteiger partial charge >= 0.3 is 12.1 Å². The number of rotatable bonds is 2. The van der Waals surface area contributed by atoms with Crippen molar-refractivity contribution in [3.63, 3.8) is 0 Å². The molecular weight excluding hydrogens is 228 g/mol. The minimum absolute atomic E-state index is 0.0260. The van der Waals surface area contributed by atoms with E-state index in [4.69, 9.17) is 10.3 Å². The third-order valence-corrected chi connectivity index (χ3v) is 1.91. The quantitative estimate of drug-likeness (QED) is 0.338. The van der Waals surface area contributed by atoms with Gasteiger partial charge in [-0.05, 0) is 26.3 Å². The molecule has 8 heteroatoms. The number of nitrogens with one attached hydrogen (secondary N) is 1. The van der Waals surface area contributed by atoms with E-state index in [2.05, 4.69) is 20.1 Å². The highest BCUT2D eigenvalue weighted by Crippen LogP contribution is 2.13. The number of hydrogen-bond acceptors (Lipinski definition) is 5. The first-order chi connectivity index (χ1) is 7.83. The number of ether oxygens (including phenoxy) is 2. The summed E-state index contributed by atoms with van der Waals surface area (Å²) in [5.41, 5.74) is 7.65. The summed E-state index contributed by atoms with van der Waals surface area (Å²) in [7, 11) is 0. The van der Waals surface area contributed by atoms with Gasteiger partial charge in [-0.2, -0.15) is 0 Å². The summed E-state index contributed by atoms with van der Waals surface area (Å²) < 4.78 is 9.70. The van der Waals surface area contributed by atoms with Gasteiger partial charge in [0.1, 0.15) is 12.2 Å². The van der Waals surface area contributed by atoms with E-state index in [-0.39, 0.29) is 6.61 Å². The molecule has 0 aliphatic carbocycles. The van der Waals surface area contributed by atoms with E-state index in [1.807, 2.05) is 0 Å². The fourth-order valence-electron chi connectivity index (χ4n) is 1.28. The Morgan fingerprint density at radius 1 is 1.65 bits per heavy atom. The number of azide groups is 1. The second kappa shape index (κ2) is 4.92. The molecular formula is C9H14N4O4. The minimum Gasteiger partial charge on any atom is -0.463 e. The lowest BCUT2D eigenvalue weighted by Gasteiger charge is -2.21. The van der Waals surface area contributed by atoms with Gasteiger partial charge in [-0.3, -0.25) is 4.79 Å². The molecule has 1 fully saturated rings. The molecule has 1 aliphatic rings. The fourth-order valence-corrected chi connectivity index (χ4v) is 1.28. The summed E-state index contributed by atoms with van der Waals surface area (Å²) in [6.45, 7) is 5.12. The Hall–Kier alpha value is -1.95. The van der Waals surface area contributed by atoms with Crippen molar-refractivity contribution in [3.8, 4) is 0 Å². The summed E-state index contributed by atoms with van der Waals surface area (Å²) in [5.74, 6) is -0.649. The Morgan fingerprint density at radius 3 is 2.82 bits per heavy atom. The summed E-state index contributed by atoms with van der Waals surface area (Å²) in [5, 5.41) is 5.70. The van der Waals surface area contributed by atoms with E-state index < -0.39 is 29.7 Å². The van der Waals surface area contributed by atoms with Gasteiger partial charge in [0.15, 0.2) is 6.04 Å². The van der Waals surface area contributed by atoms with Gasteiger partial charge in [0, 0.05) is 4.91 Å². The lowest BCUT2D eigenvalue weighted by Crippen LogP contribution is -2.44. The molecule has 0 unspecified atom stereocenters. The summed E-state index contributed by atoms with van der Waals surface area (Å²) in [4.78, 5) is 25.1. The van der Waals surface area contributed by atoms with Crippen LogP contribution in [0.2, 0.25) is 0 Å². The molecule has 2 atom stereocenters. The van der Waals surface area contributed by atoms with E-state index in [0.29, 0.717) is 0 Å². The Kier molecular flexibility index (Phi) is 3.80. The Morgan fingerprint density at radius 2 is 2.29 bits per heavy atom. The van der Waals surface area contributed by atoms with Gasteiger partial charge in [0.2, 0.25) is 0 Å². The Labute approximate surface area is 97.9 Å². The van der Waals surface area contributed by atoms with Crippen molar-refractivity contribution >= 4 is 12.1 Å². The molecule has 1 heterocycles. The highest BCUT2D eigenvalue weighted by molar-refractivity contribution is 5.80. The zero-order chi connectivity index (χ0) is 13.1. The lowest BCUT2D eigenvalue weighted by atomic mass is 10.2. The van der Waals surface area contributed by atoms with Crippen LogP contribution < -0.4 is 5.32 Å². The molecule has 0 saturated carbocycles. The van der Waals surface area contributed by atoms with Crippen molar-refractivity contribution in [2.24, 2.45) is 5.11 Å². The van der Waals surface area contributed by atoms with Gasteiger partial charge < -0.3 is 14.8 Å². The van der Waals surface area contributed by atoms with E-state index in [0.717, 1.165) is 0 Å². The molecule has 8 nitrogen and oxygen atoms in total. The van der Waals surface area contributed by atoms with Crippen LogP contribution in [-0.2, 0) is 14.3 Å². The molecule has 1 amide bonds. The van der Waals surface area contributed by atoms with Crippen molar-refractivity contribution in [1.82, 2.24) is 5.32 Å². The number of amides is 1. The number of carbonyl (C=O) groups is 2. The second-order valence-electron chi connectivity index (χ2n) is 4.53. The first-order valence-electron chi connectivity index (χ1n) is 5.04. The van der Waals surface area contributed by atoms with E-state index >= 15 is 0 Å². The van der Waals surface area contributed by atoms with Crippen molar-refractivity contribution in [3.05, 3.63) is 10.4 Å². The number of hydrogen-bond donors (Lipinski definition) is 1. The monoisotopic (exact) mass is 242 g/mol. The van der Waals surface area contributed by atoms with Crippen LogP contribution in [0.25, 0.3) is 10.4 Å². The average Bonchev–Trinajstić information content (AvgIpc) is 2.47. The molecule has 1 N–H and O–H groups in total. The normalized spacial score (nSPS) is 23.6. The van der Waals surface area contributed by atoms with Crippen LogP contribution in [0.1, 0.15) is 20.8 Å². The van der Waals surface area contributed by atoms with Crippen LogP contribution in [-0.4, -0.2) is 36.4 Å². The van der Waals surface area contributed by atoms with Crippen LogP contribution in [0.15, 0.2) is 5.11 Å². The van der Waals surface area contributed by atoms with Crippen LogP contribution in [0.3, 0.4) is 0 Å². The molecule has 0 aromatic heterocycles. The van der Waals surface area contributed by atoms with Crippen molar-refractivity contribution in [2.45, 2.75) is 38.5 Å². The maximum Gasteiger partial charge on any atom is 0.408 e. The highest BCUT2D eigenvalue weighted by atomic mass is 16.6. The van der Waals surface area contributed by atoms with Crippen LogP contribution in [0.5, 0.6) is 0 Å². The number of alkyl carbamates (subject to hydrolysis) is 1. The molecule has 1 saturated heterocycles. The van der Waals surface area contributed by atoms with Crippen molar-refractivity contribution in [2.75, 3.05) is 6.61 Å². The minimum atomic E-state index is -1.03. The van der Waals surface area contributed by atoms with E-state index in [1.54, 1.807) is 20.8 Å². The largest absolute Gasteiger partial charge is 0.463 e. The molecule has 0 aromatic carbocycles. The second-order valence-corrected chi connectivity index (χ2v) is 4.53. The molecule has 1 rings (SSSR count). The molecule has 0 aromatic rings. The number of nitrogens with zero attached hydrogens (tertiary/aromatic N) is 3. The third-order valence-electron chi connectivity index (χ3n) is 1.91. The van der Waals surface area contributed by atoms with Gasteiger partial charge in [-0.1, -0.05) is 5.11 Å². The zero-order valence-corrected chi connectivity index (χ0v) is 9.84. The first-order valence-corrected chi connectivity index (χ1v) is 5.04. The molecule has 94 valence electrons. The molecule has 17 heavy (non-hydrogen) atoms. The van der Waals surface area contributed by atoms with Gasteiger partial charge in [-0.15, -0.1) is 0 Å². The summed E-state index contributed by atoms with van der Waals surface area (Å²) in [6.07, 6.45) is -0.682. The molecule has 0 bridgehead atoms. The maximum absolute atomic E-state index is 11.4. The number of carbonyl (C=O) groups excluding carboxylic acids is 2. The number of cyclic esters (lactones) is 1. The number of esters is 1. The first kappa shape index (κ1) is 13.1. The predicted octanol–water partition coefficient (Wildman–Crippen LogP) is 1.12. The Balaban J connectivity index is 2.59. The van der Waals surface area contributed by atoms with Crippen LogP contribution >= 0.6 is 0 Å². The predicted molar refractivity (Wildman–Crippen MR) is 57.1 cm³/mol. The lowest BCUT2D eigenvalue weighted by molar-refractivity contribution is -0.138. The fraction of sp³-hybridized carbons (Fsp3) is 0.778. The average molecular weight is 242 g/mol. The van der Waals surface area contributed by atoms with Crippen molar-refractivity contribution in [1.29, 1.82) is 0 Å². The molecule has 0 radical (unpaired) electrons. The zero-order valence-electron chi connectivity index (χ0n) is 9.84. The SMILES string of the molecule is CC(C)(C)OC(=O)N[C@@H]1COC(=O)[C@H]1N=[N+]=[N-]. The van der Waals surface area contributed by atoms with Crippen LogP contribution in [0, 0.1) is 0 Å². The standard InChI is InChI=1S/C9H14N4O4/c1-9(2,3)17-8(15)11-5-4-16-7(14)6(5)12-13-10/h5-6H,4H2,1-3H3,(H,11,15)/t5-,6+/m1/s1. The molecule has 1 aliphatic heterocycles. The van der Waals surface area contributed by atoms with Gasteiger partial charge in [-0.25, -0.2) is 4.79 Å². The van der Waals surface area contributed by atoms with Crippen LogP contribution in [0.4, 0.5) is 4.79 Å². The smallest absolute Gasteiger partial charge is 0.408 e.